The standard InChI is InChI=1S/C10H20O4Si/c1-7(2)15(8(3)4,9(11)13-5)10(12)14-6/h7-8H,1-6H3. The zero-order chi connectivity index (χ0) is 12.2. The third-order valence-electron chi connectivity index (χ3n) is 2.87. The van der Waals surface area contributed by atoms with Gasteiger partial charge in [-0.2, -0.15) is 0 Å². The summed E-state index contributed by atoms with van der Waals surface area (Å²) in [5.74, 6) is 0. The van der Waals surface area contributed by atoms with Gasteiger partial charge in [0.15, 0.2) is 0 Å². The van der Waals surface area contributed by atoms with Crippen LogP contribution in [0.5, 0.6) is 0 Å². The highest BCUT2D eigenvalue weighted by Gasteiger charge is 2.57. The van der Waals surface area contributed by atoms with Crippen LogP contribution in [0.3, 0.4) is 0 Å². The second kappa shape index (κ2) is 5.30. The molecule has 0 unspecified atom stereocenters. The third-order valence-corrected chi connectivity index (χ3v) is 8.27. The molecular weight excluding hydrogens is 212 g/mol. The Hall–Kier alpha value is -0.843. The topological polar surface area (TPSA) is 52.6 Å². The van der Waals surface area contributed by atoms with Gasteiger partial charge in [-0.1, -0.05) is 27.7 Å². The molecule has 0 atom stereocenters. The van der Waals surface area contributed by atoms with Crippen molar-refractivity contribution in [2.75, 3.05) is 14.2 Å². The Balaban J connectivity index is 5.47. The number of hydrogen-bond acceptors (Lipinski definition) is 4. The Bertz CT molecular complexity index is 222. The zero-order valence-electron chi connectivity index (χ0n) is 10.3. The quantitative estimate of drug-likeness (QED) is 0.699. The second-order valence-electron chi connectivity index (χ2n) is 4.16. The van der Waals surface area contributed by atoms with Crippen molar-refractivity contribution < 1.29 is 19.1 Å². The molecule has 0 aliphatic heterocycles. The SMILES string of the molecule is COC(=O)[Si](C(=O)OC)(C(C)C)C(C)C. The minimum Gasteiger partial charge on any atom is -0.473 e. The molecule has 0 aromatic carbocycles. The minimum absolute atomic E-state index is 0.0302. The van der Waals surface area contributed by atoms with Crippen LogP contribution in [0, 0.1) is 0 Å². The maximum absolute atomic E-state index is 11.9. The maximum atomic E-state index is 11.9. The molecule has 15 heavy (non-hydrogen) atoms. The van der Waals surface area contributed by atoms with Crippen LogP contribution in [0.15, 0.2) is 0 Å². The first-order chi connectivity index (χ1) is 6.85. The van der Waals surface area contributed by atoms with Gasteiger partial charge in [0.1, 0.15) is 0 Å². The van der Waals surface area contributed by atoms with Gasteiger partial charge in [-0.05, 0) is 11.1 Å². The minimum atomic E-state index is -2.88. The van der Waals surface area contributed by atoms with E-state index < -0.39 is 8.07 Å². The smallest absolute Gasteiger partial charge is 0.316 e. The van der Waals surface area contributed by atoms with Crippen LogP contribution < -0.4 is 0 Å². The summed E-state index contributed by atoms with van der Waals surface area (Å²) in [7, 11) is -0.245. The molecule has 0 aliphatic carbocycles. The summed E-state index contributed by atoms with van der Waals surface area (Å²) in [5.41, 5.74) is -0.839. The molecule has 88 valence electrons. The number of carbonyl (C=O) groups is 2. The van der Waals surface area contributed by atoms with E-state index in [4.69, 9.17) is 9.47 Å². The van der Waals surface area contributed by atoms with Crippen LogP contribution in [0.2, 0.25) is 11.1 Å². The summed E-state index contributed by atoms with van der Waals surface area (Å²) in [4.78, 5) is 23.7. The van der Waals surface area contributed by atoms with Crippen molar-refractivity contribution in [1.82, 2.24) is 0 Å². The number of ether oxygens (including phenoxy) is 2. The highest BCUT2D eigenvalue weighted by molar-refractivity contribution is 7.24. The third kappa shape index (κ3) is 2.22. The fourth-order valence-electron chi connectivity index (χ4n) is 2.03. The largest absolute Gasteiger partial charge is 0.473 e. The highest BCUT2D eigenvalue weighted by atomic mass is 28.3. The Kier molecular flexibility index (Phi) is 5.00. The van der Waals surface area contributed by atoms with E-state index in [0.29, 0.717) is 0 Å². The Morgan fingerprint density at radius 3 is 1.27 bits per heavy atom. The van der Waals surface area contributed by atoms with Gasteiger partial charge < -0.3 is 9.47 Å². The fourth-order valence-corrected chi connectivity index (χ4v) is 6.09. The monoisotopic (exact) mass is 232 g/mol. The normalized spacial score (nSPS) is 11.7. The van der Waals surface area contributed by atoms with Crippen molar-refractivity contribution in [2.45, 2.75) is 38.8 Å². The number of rotatable bonds is 4. The van der Waals surface area contributed by atoms with E-state index in [0.717, 1.165) is 0 Å². The molecule has 0 saturated carbocycles. The van der Waals surface area contributed by atoms with E-state index >= 15 is 0 Å². The van der Waals surface area contributed by atoms with Crippen LogP contribution in [0.1, 0.15) is 27.7 Å². The first kappa shape index (κ1) is 14.2. The van der Waals surface area contributed by atoms with E-state index in [9.17, 15) is 9.59 Å². The van der Waals surface area contributed by atoms with E-state index in [1.54, 1.807) is 0 Å². The van der Waals surface area contributed by atoms with E-state index in [1.165, 1.54) is 14.2 Å². The predicted molar refractivity (Wildman–Crippen MR) is 60.8 cm³/mol. The van der Waals surface area contributed by atoms with Gasteiger partial charge in [0.05, 0.1) is 14.2 Å². The summed E-state index contributed by atoms with van der Waals surface area (Å²) < 4.78 is 9.57. The molecule has 0 N–H and O–H groups in total. The average Bonchev–Trinajstić information content (AvgIpc) is 2.16. The summed E-state index contributed by atoms with van der Waals surface area (Å²) in [6, 6.07) is 0. The molecule has 0 aromatic heterocycles. The molecule has 0 fully saturated rings. The highest BCUT2D eigenvalue weighted by Crippen LogP contribution is 2.35. The van der Waals surface area contributed by atoms with Crippen molar-refractivity contribution in [3.8, 4) is 0 Å². The molecule has 0 saturated heterocycles. The average molecular weight is 232 g/mol. The van der Waals surface area contributed by atoms with Crippen molar-refractivity contribution in [3.63, 3.8) is 0 Å². The second-order valence-corrected chi connectivity index (χ2v) is 9.03. The van der Waals surface area contributed by atoms with Gasteiger partial charge in [-0.3, -0.25) is 9.59 Å². The van der Waals surface area contributed by atoms with Crippen LogP contribution in [-0.2, 0) is 9.47 Å². The Morgan fingerprint density at radius 2 is 1.13 bits per heavy atom. The van der Waals surface area contributed by atoms with Gasteiger partial charge in [0, 0.05) is 0 Å². The zero-order valence-corrected chi connectivity index (χ0v) is 11.3. The molecule has 0 bridgehead atoms. The Labute approximate surface area is 92.0 Å². The fraction of sp³-hybridized carbons (Fsp3) is 0.800. The van der Waals surface area contributed by atoms with Gasteiger partial charge in [0.25, 0.3) is 11.2 Å². The van der Waals surface area contributed by atoms with Crippen molar-refractivity contribution in [2.24, 2.45) is 0 Å². The number of carbonyl (C=O) groups excluding carboxylic acids is 2. The molecule has 0 rings (SSSR count). The maximum Gasteiger partial charge on any atom is 0.316 e. The van der Waals surface area contributed by atoms with Crippen LogP contribution in [0.4, 0.5) is 9.59 Å². The van der Waals surface area contributed by atoms with Crippen LogP contribution in [0.25, 0.3) is 0 Å². The van der Waals surface area contributed by atoms with E-state index in [-0.39, 0.29) is 22.3 Å². The lowest BCUT2D eigenvalue weighted by Gasteiger charge is -2.32. The lowest BCUT2D eigenvalue weighted by Crippen LogP contribution is -2.57. The van der Waals surface area contributed by atoms with E-state index in [1.807, 2.05) is 27.7 Å². The van der Waals surface area contributed by atoms with Crippen molar-refractivity contribution >= 4 is 19.3 Å². The Morgan fingerprint density at radius 1 is 0.867 bits per heavy atom. The molecule has 0 amide bonds. The first-order valence-corrected chi connectivity index (χ1v) is 7.17. The van der Waals surface area contributed by atoms with Gasteiger partial charge in [0.2, 0.25) is 0 Å². The summed E-state index contributed by atoms with van der Waals surface area (Å²) >= 11 is 0. The molecule has 4 nitrogen and oxygen atoms in total. The van der Waals surface area contributed by atoms with E-state index in [2.05, 4.69) is 0 Å². The predicted octanol–water partition coefficient (Wildman–Crippen LogP) is 2.95. The number of hydrogen-bond donors (Lipinski definition) is 0. The molecule has 0 radical (unpaired) electrons. The number of methoxy groups -OCH3 is 2. The summed E-state index contributed by atoms with van der Waals surface area (Å²) in [6.45, 7) is 7.50. The van der Waals surface area contributed by atoms with Crippen molar-refractivity contribution in [3.05, 3.63) is 0 Å². The molecule has 0 spiro atoms. The molecular formula is C10H20O4Si. The van der Waals surface area contributed by atoms with Gasteiger partial charge >= 0.3 is 8.07 Å². The molecule has 0 heterocycles. The summed E-state index contributed by atoms with van der Waals surface area (Å²) in [5, 5.41) is 0. The van der Waals surface area contributed by atoms with Crippen LogP contribution in [-0.4, -0.2) is 33.5 Å². The molecule has 0 aromatic rings. The lowest BCUT2D eigenvalue weighted by atomic mass is 10.5. The molecule has 0 aliphatic rings. The van der Waals surface area contributed by atoms with Gasteiger partial charge in [-0.25, -0.2) is 0 Å². The first-order valence-electron chi connectivity index (χ1n) is 5.02. The van der Waals surface area contributed by atoms with Crippen molar-refractivity contribution in [1.29, 1.82) is 0 Å². The van der Waals surface area contributed by atoms with Crippen LogP contribution >= 0.6 is 0 Å². The van der Waals surface area contributed by atoms with Gasteiger partial charge in [-0.15, -0.1) is 0 Å². The molecule has 5 heteroatoms. The lowest BCUT2D eigenvalue weighted by molar-refractivity contribution is 0.184. The summed E-state index contributed by atoms with van der Waals surface area (Å²) in [6.07, 6.45) is 0.